The van der Waals surface area contributed by atoms with Crippen LogP contribution in [-0.4, -0.2) is 0 Å². The zero-order valence-electron chi connectivity index (χ0n) is 9.34. The van der Waals surface area contributed by atoms with Crippen LogP contribution in [0.3, 0.4) is 0 Å². The van der Waals surface area contributed by atoms with Crippen LogP contribution in [0.5, 0.6) is 11.5 Å². The molecule has 0 heterocycles. The summed E-state index contributed by atoms with van der Waals surface area (Å²) < 4.78 is 18.8. The molecule has 0 saturated carbocycles. The topological polar surface area (TPSA) is 52.9 Å². The van der Waals surface area contributed by atoms with E-state index in [1.54, 1.807) is 30.3 Å². The molecule has 4 heteroatoms. The van der Waals surface area contributed by atoms with E-state index >= 15 is 0 Å². The van der Waals surface area contributed by atoms with Gasteiger partial charge in [0.15, 0.2) is 11.6 Å². The van der Waals surface area contributed by atoms with Gasteiger partial charge in [-0.2, -0.15) is 5.26 Å². The fourth-order valence-electron chi connectivity index (χ4n) is 1.45. The first-order valence-corrected chi connectivity index (χ1v) is 5.28. The average Bonchev–Trinajstić information content (AvgIpc) is 2.41. The third-order valence-corrected chi connectivity index (χ3v) is 2.35. The molecule has 1 atom stereocenters. The number of nitrogens with zero attached hydrogens (tertiary/aromatic N) is 1. The first-order valence-electron chi connectivity index (χ1n) is 5.28. The molecule has 2 aromatic carbocycles. The highest BCUT2D eigenvalue weighted by atomic mass is 19.1. The van der Waals surface area contributed by atoms with Crippen LogP contribution >= 0.6 is 0 Å². The lowest BCUT2D eigenvalue weighted by molar-refractivity contribution is 0.137. The molecular formula is C14H9FNO2. The third-order valence-electron chi connectivity index (χ3n) is 2.35. The first kappa shape index (κ1) is 12.1. The molecule has 18 heavy (non-hydrogen) atoms. The van der Waals surface area contributed by atoms with Crippen molar-refractivity contribution >= 4 is 0 Å². The van der Waals surface area contributed by atoms with Gasteiger partial charge in [0.05, 0.1) is 0 Å². The molecule has 0 unspecified atom stereocenters. The highest BCUT2D eigenvalue weighted by Gasteiger charge is 2.12. The summed E-state index contributed by atoms with van der Waals surface area (Å²) >= 11 is 0. The Kier molecular flexibility index (Phi) is 3.56. The van der Waals surface area contributed by atoms with Gasteiger partial charge in [0.1, 0.15) is 11.8 Å². The predicted octanol–water partition coefficient (Wildman–Crippen LogP) is 3.61. The molecule has 0 amide bonds. The second kappa shape index (κ2) is 5.30. The lowest BCUT2D eigenvalue weighted by atomic mass is 10.1. The zero-order valence-corrected chi connectivity index (χ0v) is 9.34. The highest BCUT2D eigenvalue weighted by Crippen LogP contribution is 2.27. The van der Waals surface area contributed by atoms with Crippen LogP contribution in [-0.2, 0) is 5.11 Å². The summed E-state index contributed by atoms with van der Waals surface area (Å²) in [5.41, 5.74) is 0.185. The summed E-state index contributed by atoms with van der Waals surface area (Å²) in [7, 11) is 0. The van der Waals surface area contributed by atoms with Crippen molar-refractivity contribution in [1.29, 1.82) is 5.26 Å². The fourth-order valence-corrected chi connectivity index (χ4v) is 1.45. The van der Waals surface area contributed by atoms with E-state index in [0.29, 0.717) is 5.75 Å². The van der Waals surface area contributed by atoms with Gasteiger partial charge >= 0.3 is 0 Å². The van der Waals surface area contributed by atoms with Gasteiger partial charge in [0.25, 0.3) is 0 Å². The lowest BCUT2D eigenvalue weighted by Crippen LogP contribution is -1.95. The quantitative estimate of drug-likeness (QED) is 0.825. The number of rotatable bonds is 3. The summed E-state index contributed by atoms with van der Waals surface area (Å²) in [4.78, 5) is 0. The number of benzene rings is 2. The van der Waals surface area contributed by atoms with Gasteiger partial charge in [-0.05, 0) is 24.3 Å². The van der Waals surface area contributed by atoms with Crippen molar-refractivity contribution in [3.8, 4) is 17.6 Å². The van der Waals surface area contributed by atoms with Crippen molar-refractivity contribution in [3.05, 3.63) is 59.9 Å². The Morgan fingerprint density at radius 2 is 1.89 bits per heavy atom. The van der Waals surface area contributed by atoms with Gasteiger partial charge in [-0.15, -0.1) is 0 Å². The molecule has 2 aromatic rings. The molecule has 89 valence electrons. The summed E-state index contributed by atoms with van der Waals surface area (Å²) in [6.45, 7) is 0. The minimum absolute atomic E-state index is 0.0604. The summed E-state index contributed by atoms with van der Waals surface area (Å²) in [6, 6.07) is 13.9. The molecule has 0 aromatic heterocycles. The zero-order chi connectivity index (χ0) is 13.0. The maximum atomic E-state index is 13.5. The second-order valence-electron chi connectivity index (χ2n) is 3.61. The monoisotopic (exact) mass is 242 g/mol. The molecule has 0 aliphatic carbocycles. The van der Waals surface area contributed by atoms with Crippen LogP contribution < -0.4 is 4.74 Å². The summed E-state index contributed by atoms with van der Waals surface area (Å²) in [6.07, 6.45) is -1.54. The van der Waals surface area contributed by atoms with Crippen LogP contribution in [0.1, 0.15) is 11.7 Å². The molecular weight excluding hydrogens is 233 g/mol. The predicted molar refractivity (Wildman–Crippen MR) is 62.0 cm³/mol. The van der Waals surface area contributed by atoms with E-state index in [1.807, 2.05) is 6.07 Å². The number of halogens is 1. The van der Waals surface area contributed by atoms with Gasteiger partial charge in [0.2, 0.25) is 6.10 Å². The summed E-state index contributed by atoms with van der Waals surface area (Å²) in [5, 5.41) is 19.8. The average molecular weight is 242 g/mol. The van der Waals surface area contributed by atoms with Crippen LogP contribution in [0.15, 0.2) is 48.5 Å². The molecule has 0 spiro atoms. The van der Waals surface area contributed by atoms with Gasteiger partial charge in [0, 0.05) is 5.56 Å². The highest BCUT2D eigenvalue weighted by molar-refractivity contribution is 5.37. The van der Waals surface area contributed by atoms with Crippen molar-refractivity contribution in [3.63, 3.8) is 0 Å². The normalized spacial score (nSPS) is 11.6. The molecule has 1 radical (unpaired) electrons. The van der Waals surface area contributed by atoms with E-state index in [1.165, 1.54) is 12.1 Å². The Labute approximate surface area is 104 Å². The Bertz CT molecular complexity index is 578. The van der Waals surface area contributed by atoms with Crippen molar-refractivity contribution < 1.29 is 14.2 Å². The smallest absolute Gasteiger partial charge is 0.204 e. The van der Waals surface area contributed by atoms with Crippen LogP contribution in [0.4, 0.5) is 4.39 Å². The Morgan fingerprint density at radius 3 is 2.56 bits per heavy atom. The molecule has 0 N–H and O–H groups in total. The first-order chi connectivity index (χ1) is 8.70. The lowest BCUT2D eigenvalue weighted by Gasteiger charge is -2.08. The van der Waals surface area contributed by atoms with Crippen LogP contribution in [0, 0.1) is 17.1 Å². The van der Waals surface area contributed by atoms with Gasteiger partial charge in [-0.1, -0.05) is 24.3 Å². The van der Waals surface area contributed by atoms with Crippen molar-refractivity contribution in [2.24, 2.45) is 0 Å². The standard InChI is InChI=1S/C14H9FNO2/c15-12-7-6-10(13(17)9-16)8-14(12)18-11-4-2-1-3-5-11/h1-8,13H/t13-/m1/s1. The minimum atomic E-state index is -1.54. The van der Waals surface area contributed by atoms with Crippen molar-refractivity contribution in [1.82, 2.24) is 0 Å². The Balaban J connectivity index is 2.30. The molecule has 3 nitrogen and oxygen atoms in total. The molecule has 0 saturated heterocycles. The van der Waals surface area contributed by atoms with E-state index in [9.17, 15) is 9.50 Å². The van der Waals surface area contributed by atoms with Crippen molar-refractivity contribution in [2.75, 3.05) is 0 Å². The van der Waals surface area contributed by atoms with E-state index in [2.05, 4.69) is 0 Å². The number of hydrogen-bond donors (Lipinski definition) is 0. The van der Waals surface area contributed by atoms with Crippen molar-refractivity contribution in [2.45, 2.75) is 6.10 Å². The maximum Gasteiger partial charge on any atom is 0.204 e. The summed E-state index contributed by atoms with van der Waals surface area (Å²) in [5.74, 6) is -0.171. The molecule has 0 aliphatic rings. The molecule has 2 rings (SSSR count). The largest absolute Gasteiger partial charge is 0.454 e. The molecule has 0 fully saturated rings. The maximum absolute atomic E-state index is 13.5. The number of ether oxygens (including phenoxy) is 1. The Morgan fingerprint density at radius 1 is 1.17 bits per heavy atom. The number of nitriles is 1. The minimum Gasteiger partial charge on any atom is -0.454 e. The SMILES string of the molecule is N#C[C@@H]([O])c1ccc(F)c(Oc2ccccc2)c1. The fraction of sp³-hybridized carbons (Fsp3) is 0.0714. The molecule has 0 aliphatic heterocycles. The van der Waals surface area contributed by atoms with Gasteiger partial charge < -0.3 is 4.74 Å². The van der Waals surface area contributed by atoms with E-state index in [-0.39, 0.29) is 11.3 Å². The van der Waals surface area contributed by atoms with Crippen LogP contribution in [0.2, 0.25) is 0 Å². The van der Waals surface area contributed by atoms with E-state index in [0.717, 1.165) is 6.07 Å². The Hall–Kier alpha value is -2.38. The van der Waals surface area contributed by atoms with E-state index in [4.69, 9.17) is 10.00 Å². The number of para-hydroxylation sites is 1. The van der Waals surface area contributed by atoms with Crippen LogP contribution in [0.25, 0.3) is 0 Å². The van der Waals surface area contributed by atoms with Gasteiger partial charge in [-0.25, -0.2) is 9.50 Å². The second-order valence-corrected chi connectivity index (χ2v) is 3.61. The third kappa shape index (κ3) is 2.65. The molecule has 0 bridgehead atoms. The van der Waals surface area contributed by atoms with E-state index < -0.39 is 11.9 Å². The van der Waals surface area contributed by atoms with Gasteiger partial charge in [-0.3, -0.25) is 0 Å². The number of hydrogen-bond acceptors (Lipinski definition) is 2.